The maximum Gasteiger partial charge on any atom is 0.418 e. The van der Waals surface area contributed by atoms with Gasteiger partial charge in [-0.3, -0.25) is 0 Å². The molecule has 2 nitrogen and oxygen atoms in total. The summed E-state index contributed by atoms with van der Waals surface area (Å²) in [5.41, 5.74) is -0.249. The second kappa shape index (κ2) is 5.40. The number of alkyl halides is 3. The van der Waals surface area contributed by atoms with Gasteiger partial charge in [-0.25, -0.2) is 0 Å². The van der Waals surface area contributed by atoms with Crippen LogP contribution in [-0.2, 0) is 0 Å². The van der Waals surface area contributed by atoms with Crippen molar-refractivity contribution in [3.8, 4) is 5.75 Å². The van der Waals surface area contributed by atoms with Crippen LogP contribution in [0.4, 0.5) is 13.2 Å². The number of aliphatic hydroxyl groups excluding tert-OH is 1. The molecular formula is C12H15F3O2. The molecule has 17 heavy (non-hydrogen) atoms. The minimum absolute atomic E-state index is 0.0750. The number of para-hydroxylation sites is 1. The van der Waals surface area contributed by atoms with Crippen LogP contribution in [0.5, 0.6) is 5.75 Å². The van der Waals surface area contributed by atoms with Crippen LogP contribution in [0.15, 0.2) is 24.3 Å². The molecule has 0 radical (unpaired) electrons. The van der Waals surface area contributed by atoms with Crippen LogP contribution in [0, 0.1) is 5.92 Å². The zero-order valence-electron chi connectivity index (χ0n) is 9.66. The number of benzene rings is 1. The quantitative estimate of drug-likeness (QED) is 0.885. The van der Waals surface area contributed by atoms with Crippen molar-refractivity contribution in [2.24, 2.45) is 5.92 Å². The molecule has 96 valence electrons. The first-order valence-electron chi connectivity index (χ1n) is 5.29. The van der Waals surface area contributed by atoms with Gasteiger partial charge >= 0.3 is 6.18 Å². The van der Waals surface area contributed by atoms with E-state index in [1.807, 2.05) is 13.8 Å². The van der Waals surface area contributed by atoms with E-state index in [0.717, 1.165) is 0 Å². The predicted molar refractivity (Wildman–Crippen MR) is 57.8 cm³/mol. The third-order valence-electron chi connectivity index (χ3n) is 2.10. The smallest absolute Gasteiger partial charge is 0.418 e. The van der Waals surface area contributed by atoms with Crippen molar-refractivity contribution in [2.75, 3.05) is 6.61 Å². The summed E-state index contributed by atoms with van der Waals surface area (Å²) in [6.45, 7) is 4.09. The summed E-state index contributed by atoms with van der Waals surface area (Å²) in [4.78, 5) is 0. The lowest BCUT2D eigenvalue weighted by atomic mass is 10.1. The molecule has 0 aliphatic heterocycles. The maximum absolute atomic E-state index is 12.4. The van der Waals surface area contributed by atoms with Gasteiger partial charge in [-0.1, -0.05) is 32.0 Å². The number of ether oxygens (including phenoxy) is 1. The molecule has 1 aromatic carbocycles. The molecule has 5 heteroatoms. The molecule has 1 unspecified atom stereocenters. The van der Waals surface area contributed by atoms with E-state index in [1.165, 1.54) is 18.2 Å². The highest BCUT2D eigenvalue weighted by Crippen LogP contribution is 2.36. The van der Waals surface area contributed by atoms with Crippen molar-refractivity contribution >= 4 is 0 Å². The van der Waals surface area contributed by atoms with E-state index in [2.05, 4.69) is 0 Å². The Morgan fingerprint density at radius 3 is 2.35 bits per heavy atom. The highest BCUT2D eigenvalue weighted by Gasteiger charge is 2.40. The molecule has 0 aliphatic carbocycles. The third-order valence-corrected chi connectivity index (χ3v) is 2.10. The molecule has 0 spiro atoms. The lowest BCUT2D eigenvalue weighted by Crippen LogP contribution is -2.21. The van der Waals surface area contributed by atoms with Crippen molar-refractivity contribution in [2.45, 2.75) is 26.1 Å². The summed E-state index contributed by atoms with van der Waals surface area (Å²) in [7, 11) is 0. The van der Waals surface area contributed by atoms with Gasteiger partial charge in [-0.15, -0.1) is 0 Å². The van der Waals surface area contributed by atoms with Crippen LogP contribution in [0.25, 0.3) is 0 Å². The summed E-state index contributed by atoms with van der Waals surface area (Å²) in [6.07, 6.45) is -7.19. The minimum atomic E-state index is -4.68. The molecule has 0 aromatic heterocycles. The molecule has 1 N–H and O–H groups in total. The summed E-state index contributed by atoms with van der Waals surface area (Å²) >= 11 is 0. The molecule has 0 fully saturated rings. The second-order valence-electron chi connectivity index (χ2n) is 4.19. The van der Waals surface area contributed by atoms with Crippen LogP contribution in [-0.4, -0.2) is 17.9 Å². The summed E-state index contributed by atoms with van der Waals surface area (Å²) in [5.74, 6) is 0.275. The number of halogens is 3. The number of rotatable bonds is 4. The van der Waals surface area contributed by atoms with Crippen molar-refractivity contribution in [1.82, 2.24) is 0 Å². The minimum Gasteiger partial charge on any atom is -0.493 e. The molecule has 0 amide bonds. The topological polar surface area (TPSA) is 29.5 Å². The fourth-order valence-electron chi connectivity index (χ4n) is 1.27. The van der Waals surface area contributed by atoms with Crippen LogP contribution < -0.4 is 4.74 Å². The van der Waals surface area contributed by atoms with Gasteiger partial charge in [-0.2, -0.15) is 13.2 Å². The fourth-order valence-corrected chi connectivity index (χ4v) is 1.27. The first-order chi connectivity index (χ1) is 7.82. The Kier molecular flexibility index (Phi) is 4.40. The number of aliphatic hydroxyl groups is 1. The van der Waals surface area contributed by atoms with E-state index < -0.39 is 12.3 Å². The van der Waals surface area contributed by atoms with Gasteiger partial charge in [-0.05, 0) is 12.0 Å². The van der Waals surface area contributed by atoms with Crippen LogP contribution in [0.3, 0.4) is 0 Å². The molecule has 0 bridgehead atoms. The van der Waals surface area contributed by atoms with Crippen molar-refractivity contribution in [1.29, 1.82) is 0 Å². The Hall–Kier alpha value is -1.23. The van der Waals surface area contributed by atoms with Crippen molar-refractivity contribution in [3.63, 3.8) is 0 Å². The van der Waals surface area contributed by atoms with E-state index in [0.29, 0.717) is 6.61 Å². The average molecular weight is 248 g/mol. The Balaban J connectivity index is 2.91. The highest BCUT2D eigenvalue weighted by molar-refractivity contribution is 5.35. The first kappa shape index (κ1) is 13.8. The van der Waals surface area contributed by atoms with E-state index in [4.69, 9.17) is 4.74 Å². The molecule has 0 heterocycles. The highest BCUT2D eigenvalue weighted by atomic mass is 19.4. The summed E-state index contributed by atoms with van der Waals surface area (Å²) < 4.78 is 42.5. The number of hydrogen-bond acceptors (Lipinski definition) is 2. The summed E-state index contributed by atoms with van der Waals surface area (Å²) in [5, 5.41) is 9.20. The maximum atomic E-state index is 12.4. The van der Waals surface area contributed by atoms with E-state index in [-0.39, 0.29) is 17.2 Å². The Morgan fingerprint density at radius 2 is 1.82 bits per heavy atom. The molecule has 0 saturated heterocycles. The van der Waals surface area contributed by atoms with Gasteiger partial charge < -0.3 is 9.84 Å². The summed E-state index contributed by atoms with van der Waals surface area (Å²) in [6, 6.07) is 5.65. The second-order valence-corrected chi connectivity index (χ2v) is 4.19. The third kappa shape index (κ3) is 3.93. The normalized spacial score (nSPS) is 13.8. The standard InChI is InChI=1S/C12H15F3O2/c1-8(2)7-17-10-6-4-3-5-9(10)11(16)12(13,14)15/h3-6,8,11,16H,7H2,1-2H3. The SMILES string of the molecule is CC(C)COc1ccccc1C(O)C(F)(F)F. The number of hydrogen-bond donors (Lipinski definition) is 1. The lowest BCUT2D eigenvalue weighted by Gasteiger charge is -2.19. The van der Waals surface area contributed by atoms with Gasteiger partial charge in [0.05, 0.1) is 6.61 Å². The fraction of sp³-hybridized carbons (Fsp3) is 0.500. The van der Waals surface area contributed by atoms with Gasteiger partial charge in [0, 0.05) is 5.56 Å². The first-order valence-corrected chi connectivity index (χ1v) is 5.29. The van der Waals surface area contributed by atoms with E-state index in [1.54, 1.807) is 6.07 Å². The molecular weight excluding hydrogens is 233 g/mol. The monoisotopic (exact) mass is 248 g/mol. The Morgan fingerprint density at radius 1 is 1.24 bits per heavy atom. The van der Waals surface area contributed by atoms with Gasteiger partial charge in [0.2, 0.25) is 0 Å². The van der Waals surface area contributed by atoms with Gasteiger partial charge in [0.25, 0.3) is 0 Å². The molecule has 1 atom stereocenters. The van der Waals surface area contributed by atoms with E-state index >= 15 is 0 Å². The molecule has 0 aliphatic rings. The Bertz CT molecular complexity index is 361. The Labute approximate surface area is 98.0 Å². The predicted octanol–water partition coefficient (Wildman–Crippen LogP) is 3.32. The van der Waals surface area contributed by atoms with E-state index in [9.17, 15) is 18.3 Å². The van der Waals surface area contributed by atoms with Crippen molar-refractivity contribution in [3.05, 3.63) is 29.8 Å². The lowest BCUT2D eigenvalue weighted by molar-refractivity contribution is -0.207. The zero-order chi connectivity index (χ0) is 13.1. The average Bonchev–Trinajstić information content (AvgIpc) is 2.24. The molecule has 1 rings (SSSR count). The van der Waals surface area contributed by atoms with Crippen LogP contribution in [0.2, 0.25) is 0 Å². The van der Waals surface area contributed by atoms with Gasteiger partial charge in [0.15, 0.2) is 6.10 Å². The van der Waals surface area contributed by atoms with Crippen LogP contribution >= 0.6 is 0 Å². The largest absolute Gasteiger partial charge is 0.493 e. The zero-order valence-corrected chi connectivity index (χ0v) is 9.66. The van der Waals surface area contributed by atoms with Gasteiger partial charge in [0.1, 0.15) is 5.75 Å². The van der Waals surface area contributed by atoms with Crippen molar-refractivity contribution < 1.29 is 23.0 Å². The van der Waals surface area contributed by atoms with Crippen LogP contribution in [0.1, 0.15) is 25.5 Å². The molecule has 1 aromatic rings. The molecule has 0 saturated carbocycles.